The van der Waals surface area contributed by atoms with Gasteiger partial charge in [0, 0.05) is 17.9 Å². The van der Waals surface area contributed by atoms with Crippen molar-refractivity contribution in [2.24, 2.45) is 5.92 Å². The first-order valence-electron chi connectivity index (χ1n) is 11.6. The monoisotopic (exact) mass is 472 g/mol. The first-order valence-corrected chi connectivity index (χ1v) is 11.6. The Labute approximate surface area is 270 Å². The van der Waals surface area contributed by atoms with E-state index in [4.69, 9.17) is 0 Å². The van der Waals surface area contributed by atoms with Crippen LogP contribution in [0.25, 0.3) is 0 Å². The Morgan fingerprint density at radius 1 is 0.667 bits per heavy atom. The average Bonchev–Trinajstić information content (AvgIpc) is 2.65. The average molecular weight is 473 g/mol. The van der Waals surface area contributed by atoms with Gasteiger partial charge < -0.3 is 19.8 Å². The van der Waals surface area contributed by atoms with E-state index >= 15 is 0 Å². The third kappa shape index (κ3) is 28.0. The van der Waals surface area contributed by atoms with E-state index in [1.807, 2.05) is 6.08 Å². The van der Waals surface area contributed by atoms with Crippen LogP contribution in [0.1, 0.15) is 122 Å². The van der Waals surface area contributed by atoms with Crippen LogP contribution in [0.15, 0.2) is 12.2 Å². The summed E-state index contributed by atoms with van der Waals surface area (Å²) in [4.78, 5) is 21.3. The fraction of sp³-hybridized carbons (Fsp3) is 0.833. The van der Waals surface area contributed by atoms with Gasteiger partial charge in [0.25, 0.3) is 0 Å². The number of rotatable bonds is 21. The van der Waals surface area contributed by atoms with Gasteiger partial charge in [0.1, 0.15) is 0 Å². The van der Waals surface area contributed by atoms with E-state index in [2.05, 4.69) is 6.92 Å². The van der Waals surface area contributed by atoms with E-state index in [0.717, 1.165) is 12.8 Å². The van der Waals surface area contributed by atoms with Crippen LogP contribution in [0.4, 0.5) is 0 Å². The number of carboxylic acid groups (broad SMARTS) is 2. The summed E-state index contributed by atoms with van der Waals surface area (Å²) in [5.74, 6) is -3.65. The number of carbonyl (C=O) groups is 2. The molecule has 0 aliphatic rings. The molecule has 0 aromatic heterocycles. The minimum Gasteiger partial charge on any atom is -0.550 e. The van der Waals surface area contributed by atoms with Gasteiger partial charge in [-0.15, -0.1) is 0 Å². The molecule has 0 heterocycles. The van der Waals surface area contributed by atoms with Crippen LogP contribution in [0.5, 0.6) is 0 Å². The number of carboxylic acids is 2. The maximum absolute atomic E-state index is 10.8. The van der Waals surface area contributed by atoms with Crippen molar-refractivity contribution in [2.75, 3.05) is 0 Å². The zero-order chi connectivity index (χ0) is 20.9. The molecule has 0 fully saturated rings. The summed E-state index contributed by atoms with van der Waals surface area (Å²) >= 11 is 0. The smallest absolute Gasteiger partial charge is 0.550 e. The fourth-order valence-corrected chi connectivity index (χ4v) is 3.48. The fourth-order valence-electron chi connectivity index (χ4n) is 3.48. The minimum absolute atomic E-state index is 0. The predicted molar refractivity (Wildman–Crippen MR) is 111 cm³/mol. The van der Waals surface area contributed by atoms with Crippen molar-refractivity contribution < 1.29 is 123 Å². The first-order chi connectivity index (χ1) is 13.6. The van der Waals surface area contributed by atoms with Gasteiger partial charge in [-0.1, -0.05) is 109 Å². The van der Waals surface area contributed by atoms with Gasteiger partial charge in [0.2, 0.25) is 0 Å². The minimum atomic E-state index is -1.34. The Hall–Kier alpha value is 1.95. The van der Waals surface area contributed by atoms with E-state index < -0.39 is 24.3 Å². The molecule has 0 aromatic rings. The van der Waals surface area contributed by atoms with Crippen LogP contribution >= 0.6 is 0 Å². The van der Waals surface area contributed by atoms with Gasteiger partial charge in [-0.3, -0.25) is 0 Å². The van der Waals surface area contributed by atoms with Crippen molar-refractivity contribution in [1.82, 2.24) is 0 Å². The molecule has 0 rings (SSSR count). The molecule has 0 radical (unpaired) electrons. The zero-order valence-corrected chi connectivity index (χ0v) is 26.3. The predicted octanol–water partition coefficient (Wildman–Crippen LogP) is -1.29. The van der Waals surface area contributed by atoms with Crippen LogP contribution < -0.4 is 113 Å². The van der Waals surface area contributed by atoms with Gasteiger partial charge >= 0.3 is 103 Å². The van der Waals surface area contributed by atoms with Gasteiger partial charge in [0.05, 0.1) is 0 Å². The molecule has 1 unspecified atom stereocenters. The maximum atomic E-state index is 10.8. The maximum Gasteiger partial charge on any atom is 1.00 e. The molecular weight excluding hydrogens is 430 g/mol. The van der Waals surface area contributed by atoms with Gasteiger partial charge in [0.15, 0.2) is 0 Å². The molecule has 0 bridgehead atoms. The molecule has 0 N–H and O–H groups in total. The molecular formula is C24H42K2O4. The molecule has 0 saturated carbocycles. The summed E-state index contributed by atoms with van der Waals surface area (Å²) < 4.78 is 0. The topological polar surface area (TPSA) is 80.3 Å². The summed E-state index contributed by atoms with van der Waals surface area (Å²) in [7, 11) is 0. The van der Waals surface area contributed by atoms with Gasteiger partial charge in [-0.05, 0) is 25.7 Å². The molecule has 4 nitrogen and oxygen atoms in total. The normalized spacial score (nSPS) is 11.6. The van der Waals surface area contributed by atoms with Crippen molar-refractivity contribution in [1.29, 1.82) is 0 Å². The largest absolute Gasteiger partial charge is 1.00 e. The SMILES string of the molecule is CCCCCCCCCCCCCCCCC/C=C/CC(CC(=O)[O-])C(=O)[O-].[K+].[K+]. The molecule has 0 spiro atoms. The molecule has 0 amide bonds. The third-order valence-corrected chi connectivity index (χ3v) is 5.31. The van der Waals surface area contributed by atoms with Crippen LogP contribution in [-0.4, -0.2) is 11.9 Å². The summed E-state index contributed by atoms with van der Waals surface area (Å²) in [6.45, 7) is 2.26. The first kappa shape index (κ1) is 36.5. The van der Waals surface area contributed by atoms with Crippen LogP contribution in [0, 0.1) is 5.92 Å². The Morgan fingerprint density at radius 2 is 1.07 bits per heavy atom. The van der Waals surface area contributed by atoms with Crippen molar-refractivity contribution in [3.8, 4) is 0 Å². The van der Waals surface area contributed by atoms with E-state index in [0.29, 0.717) is 0 Å². The molecule has 0 saturated heterocycles. The summed E-state index contributed by atoms with van der Waals surface area (Å²) in [6.07, 6.45) is 24.5. The number of hydrogen-bond acceptors (Lipinski definition) is 4. The number of unbranched alkanes of at least 4 members (excludes halogenated alkanes) is 15. The van der Waals surface area contributed by atoms with Crippen molar-refractivity contribution in [2.45, 2.75) is 122 Å². The molecule has 164 valence electrons. The number of aliphatic carboxylic acids is 2. The van der Waals surface area contributed by atoms with Crippen LogP contribution in [0.2, 0.25) is 0 Å². The van der Waals surface area contributed by atoms with Crippen molar-refractivity contribution >= 4 is 11.9 Å². The molecule has 0 aliphatic heterocycles. The van der Waals surface area contributed by atoms with E-state index in [-0.39, 0.29) is 109 Å². The quantitative estimate of drug-likeness (QED) is 0.118. The van der Waals surface area contributed by atoms with E-state index in [1.54, 1.807) is 6.08 Å². The number of allylic oxidation sites excluding steroid dienone is 2. The molecule has 30 heavy (non-hydrogen) atoms. The molecule has 0 aromatic carbocycles. The van der Waals surface area contributed by atoms with Gasteiger partial charge in [-0.25, -0.2) is 0 Å². The standard InChI is InChI=1S/C24H44O4.2K/c1-2-3-4-5-6-7-8-9-10-11-12-13-14-15-16-17-18-19-20-22(24(27)28)21-23(25)26;;/h18-19,22H,2-17,20-21H2,1H3,(H,25,26)(H,27,28);;/q;2*+1/p-2/b19-18+;;. The summed E-state index contributed by atoms with van der Waals surface area (Å²) in [5, 5.41) is 21.3. The number of hydrogen-bond donors (Lipinski definition) is 0. The molecule has 1 atom stereocenters. The van der Waals surface area contributed by atoms with Crippen molar-refractivity contribution in [3.63, 3.8) is 0 Å². The second-order valence-electron chi connectivity index (χ2n) is 8.04. The summed E-state index contributed by atoms with van der Waals surface area (Å²) in [6, 6.07) is 0. The van der Waals surface area contributed by atoms with Crippen LogP contribution in [-0.2, 0) is 9.59 Å². The Bertz CT molecular complexity index is 414. The second kappa shape index (κ2) is 29.0. The molecule has 6 heteroatoms. The third-order valence-electron chi connectivity index (χ3n) is 5.31. The van der Waals surface area contributed by atoms with Crippen LogP contribution in [0.3, 0.4) is 0 Å². The van der Waals surface area contributed by atoms with E-state index in [9.17, 15) is 19.8 Å². The van der Waals surface area contributed by atoms with Crippen molar-refractivity contribution in [3.05, 3.63) is 12.2 Å². The Morgan fingerprint density at radius 3 is 1.43 bits per heavy atom. The zero-order valence-electron chi connectivity index (χ0n) is 20.1. The Kier molecular flexibility index (Phi) is 35.3. The summed E-state index contributed by atoms with van der Waals surface area (Å²) in [5.41, 5.74) is 0. The Balaban J connectivity index is -0.00000364. The molecule has 0 aliphatic carbocycles. The van der Waals surface area contributed by atoms with Gasteiger partial charge in [-0.2, -0.15) is 0 Å². The second-order valence-corrected chi connectivity index (χ2v) is 8.04. The number of carbonyl (C=O) groups excluding carboxylic acids is 2. The van der Waals surface area contributed by atoms with E-state index in [1.165, 1.54) is 89.9 Å².